The Morgan fingerprint density at radius 1 is 1.05 bits per heavy atom. The number of benzene rings is 3. The lowest BCUT2D eigenvalue weighted by Crippen LogP contribution is -2.29. The molecule has 43 heavy (non-hydrogen) atoms. The van der Waals surface area contributed by atoms with Gasteiger partial charge in [-0.25, -0.2) is 4.79 Å². The van der Waals surface area contributed by atoms with Gasteiger partial charge >= 0.3 is 5.97 Å². The maximum absolute atomic E-state index is 11.6. The van der Waals surface area contributed by atoms with E-state index in [9.17, 15) is 4.79 Å². The highest BCUT2D eigenvalue weighted by atomic mass is 35.5. The molecule has 1 N–H and O–H groups in total. The summed E-state index contributed by atoms with van der Waals surface area (Å²) in [4.78, 5) is 20.0. The average Bonchev–Trinajstić information content (AvgIpc) is 3.64. The molecule has 226 valence electrons. The highest BCUT2D eigenvalue weighted by Gasteiger charge is 2.28. The van der Waals surface area contributed by atoms with Gasteiger partial charge < -0.3 is 19.4 Å². The standard InChI is InChI=1S/C36H42ClN3O3/c1-4-39(5-2)20-21-43-31-12-6-27(7-13-31)25-40(19-18-29-24-38-34-23-30(37)11-15-32(29)34)35-16-10-28-22-26(8-14-33(28)35)9-17-36(41)42-3/h6-9,11-15,17,22-24,35,38H,4-5,10,16,18-21,25H2,1-3H3/b17-9+. The molecule has 4 aromatic rings. The highest BCUT2D eigenvalue weighted by molar-refractivity contribution is 6.31. The van der Waals surface area contributed by atoms with E-state index in [0.29, 0.717) is 12.6 Å². The fraction of sp³-hybridized carbons (Fsp3) is 0.361. The van der Waals surface area contributed by atoms with Crippen LogP contribution in [0.1, 0.15) is 54.1 Å². The van der Waals surface area contributed by atoms with Crippen molar-refractivity contribution in [3.05, 3.63) is 106 Å². The summed E-state index contributed by atoms with van der Waals surface area (Å²) in [5, 5.41) is 1.97. The summed E-state index contributed by atoms with van der Waals surface area (Å²) < 4.78 is 10.8. The minimum atomic E-state index is -0.343. The zero-order chi connectivity index (χ0) is 30.2. The minimum Gasteiger partial charge on any atom is -0.492 e. The highest BCUT2D eigenvalue weighted by Crippen LogP contribution is 2.38. The van der Waals surface area contributed by atoms with Crippen LogP contribution in [0.3, 0.4) is 0 Å². The number of nitrogens with zero attached hydrogens (tertiary/aromatic N) is 2. The van der Waals surface area contributed by atoms with Crippen LogP contribution < -0.4 is 4.74 Å². The van der Waals surface area contributed by atoms with Gasteiger partial charge in [-0.1, -0.05) is 61.8 Å². The van der Waals surface area contributed by atoms with Crippen LogP contribution in [0.15, 0.2) is 72.9 Å². The minimum absolute atomic E-state index is 0.318. The maximum atomic E-state index is 11.6. The molecule has 1 atom stereocenters. The van der Waals surface area contributed by atoms with Gasteiger partial charge in [-0.05, 0) is 90.5 Å². The van der Waals surface area contributed by atoms with Crippen molar-refractivity contribution in [2.75, 3.05) is 39.9 Å². The first-order chi connectivity index (χ1) is 21.0. The van der Waals surface area contributed by atoms with Crippen LogP contribution in [0.25, 0.3) is 17.0 Å². The second kappa shape index (κ2) is 14.7. The maximum Gasteiger partial charge on any atom is 0.330 e. The van der Waals surface area contributed by atoms with E-state index in [1.165, 1.54) is 40.8 Å². The van der Waals surface area contributed by atoms with Crippen molar-refractivity contribution < 1.29 is 14.3 Å². The van der Waals surface area contributed by atoms with Crippen LogP contribution in [-0.4, -0.2) is 60.6 Å². The third kappa shape index (κ3) is 7.88. The first-order valence-electron chi connectivity index (χ1n) is 15.3. The molecule has 1 aliphatic carbocycles. The van der Waals surface area contributed by atoms with Crippen molar-refractivity contribution in [1.29, 1.82) is 0 Å². The number of halogens is 1. The molecule has 0 aliphatic heterocycles. The summed E-state index contributed by atoms with van der Waals surface area (Å²) in [6.45, 7) is 9.84. The zero-order valence-corrected chi connectivity index (χ0v) is 26.2. The van der Waals surface area contributed by atoms with E-state index in [4.69, 9.17) is 21.1 Å². The van der Waals surface area contributed by atoms with Crippen LogP contribution >= 0.6 is 11.6 Å². The number of aromatic nitrogens is 1. The number of aromatic amines is 1. The molecular formula is C36H42ClN3O3. The Hall–Kier alpha value is -3.58. The quantitative estimate of drug-likeness (QED) is 0.120. The zero-order valence-electron chi connectivity index (χ0n) is 25.4. The van der Waals surface area contributed by atoms with Crippen molar-refractivity contribution in [2.45, 2.75) is 45.7 Å². The molecule has 0 saturated carbocycles. The van der Waals surface area contributed by atoms with E-state index in [-0.39, 0.29) is 5.97 Å². The van der Waals surface area contributed by atoms with E-state index in [1.54, 1.807) is 0 Å². The predicted octanol–water partition coefficient (Wildman–Crippen LogP) is 7.46. The average molecular weight is 600 g/mol. The number of aryl methyl sites for hydroxylation is 1. The largest absolute Gasteiger partial charge is 0.492 e. The first-order valence-corrected chi connectivity index (χ1v) is 15.7. The van der Waals surface area contributed by atoms with Gasteiger partial charge in [0.05, 0.1) is 7.11 Å². The molecule has 0 spiro atoms. The molecule has 0 bridgehead atoms. The SMILES string of the molecule is CCN(CC)CCOc1ccc(CN(CCc2c[nH]c3cc(Cl)ccc23)C2CCc3cc(/C=C/C(=O)OC)ccc32)cc1. The lowest BCUT2D eigenvalue weighted by molar-refractivity contribution is -0.134. The summed E-state index contributed by atoms with van der Waals surface area (Å²) in [5.74, 6) is 0.572. The number of fused-ring (bicyclic) bond motifs is 2. The van der Waals surface area contributed by atoms with Gasteiger partial charge in [0.25, 0.3) is 0 Å². The number of hydrogen-bond acceptors (Lipinski definition) is 5. The van der Waals surface area contributed by atoms with Gasteiger partial charge in [0, 0.05) is 53.9 Å². The van der Waals surface area contributed by atoms with E-state index in [1.807, 2.05) is 18.2 Å². The van der Waals surface area contributed by atoms with Crippen LogP contribution in [0.4, 0.5) is 0 Å². The van der Waals surface area contributed by atoms with Gasteiger partial charge in [0.2, 0.25) is 0 Å². The third-order valence-corrected chi connectivity index (χ3v) is 8.78. The predicted molar refractivity (Wildman–Crippen MR) is 176 cm³/mol. The number of esters is 1. The van der Waals surface area contributed by atoms with Gasteiger partial charge in [-0.15, -0.1) is 0 Å². The van der Waals surface area contributed by atoms with E-state index < -0.39 is 0 Å². The Morgan fingerprint density at radius 3 is 2.63 bits per heavy atom. The summed E-state index contributed by atoms with van der Waals surface area (Å²) in [6.07, 6.45) is 8.43. The molecule has 0 radical (unpaired) electrons. The van der Waals surface area contributed by atoms with E-state index >= 15 is 0 Å². The summed E-state index contributed by atoms with van der Waals surface area (Å²) in [7, 11) is 1.40. The molecule has 0 fully saturated rings. The topological polar surface area (TPSA) is 57.8 Å². The molecule has 0 amide bonds. The second-order valence-electron chi connectivity index (χ2n) is 11.1. The molecule has 6 nitrogen and oxygen atoms in total. The summed E-state index contributed by atoms with van der Waals surface area (Å²) >= 11 is 6.23. The van der Waals surface area contributed by atoms with Gasteiger partial charge in [-0.3, -0.25) is 4.90 Å². The fourth-order valence-corrected chi connectivity index (χ4v) is 6.23. The fourth-order valence-electron chi connectivity index (χ4n) is 6.06. The summed E-state index contributed by atoms with van der Waals surface area (Å²) in [5.41, 5.74) is 7.38. The lowest BCUT2D eigenvalue weighted by Gasteiger charge is -2.30. The molecule has 3 aromatic carbocycles. The number of rotatable bonds is 14. The Kier molecular flexibility index (Phi) is 10.6. The Labute approximate surface area is 260 Å². The molecule has 1 aromatic heterocycles. The number of ether oxygens (including phenoxy) is 2. The van der Waals surface area contributed by atoms with E-state index in [0.717, 1.165) is 73.8 Å². The van der Waals surface area contributed by atoms with Crippen molar-refractivity contribution in [1.82, 2.24) is 14.8 Å². The Balaban J connectivity index is 1.33. The number of carbonyl (C=O) groups excluding carboxylic acids is 1. The van der Waals surface area contributed by atoms with Crippen LogP contribution in [0, 0.1) is 0 Å². The van der Waals surface area contributed by atoms with Crippen molar-refractivity contribution in [2.24, 2.45) is 0 Å². The molecule has 0 saturated heterocycles. The van der Waals surface area contributed by atoms with Crippen LogP contribution in [0.2, 0.25) is 5.02 Å². The van der Waals surface area contributed by atoms with Crippen molar-refractivity contribution in [3.8, 4) is 5.75 Å². The first kappa shape index (κ1) is 30.9. The van der Waals surface area contributed by atoms with Gasteiger partial charge in [-0.2, -0.15) is 0 Å². The second-order valence-corrected chi connectivity index (χ2v) is 11.5. The number of nitrogens with one attached hydrogen (secondary N) is 1. The molecular weight excluding hydrogens is 558 g/mol. The smallest absolute Gasteiger partial charge is 0.330 e. The molecule has 5 rings (SSSR count). The number of H-pyrrole nitrogens is 1. The van der Waals surface area contributed by atoms with Crippen LogP contribution in [-0.2, 0) is 28.9 Å². The normalized spacial score (nSPS) is 14.7. The molecule has 7 heteroatoms. The van der Waals surface area contributed by atoms with Crippen molar-refractivity contribution in [3.63, 3.8) is 0 Å². The summed E-state index contributed by atoms with van der Waals surface area (Å²) in [6, 6.07) is 21.5. The number of likely N-dealkylation sites (N-methyl/N-ethyl adjacent to an activating group) is 1. The number of methoxy groups -OCH3 is 1. The Bertz CT molecular complexity index is 1540. The van der Waals surface area contributed by atoms with Crippen molar-refractivity contribution >= 4 is 34.5 Å². The van der Waals surface area contributed by atoms with Gasteiger partial charge in [0.1, 0.15) is 12.4 Å². The van der Waals surface area contributed by atoms with Gasteiger partial charge in [0.15, 0.2) is 0 Å². The lowest BCUT2D eigenvalue weighted by atomic mass is 10.0. The molecule has 1 aliphatic rings. The molecule has 1 heterocycles. The Morgan fingerprint density at radius 2 is 1.86 bits per heavy atom. The van der Waals surface area contributed by atoms with E-state index in [2.05, 4.69) is 83.4 Å². The monoisotopic (exact) mass is 599 g/mol. The number of carbonyl (C=O) groups is 1. The number of hydrogen-bond donors (Lipinski definition) is 1. The van der Waals surface area contributed by atoms with Crippen LogP contribution in [0.5, 0.6) is 5.75 Å². The third-order valence-electron chi connectivity index (χ3n) is 8.54. The molecule has 1 unspecified atom stereocenters.